The Kier molecular flexibility index (Phi) is 6.45. The zero-order chi connectivity index (χ0) is 15.1. The summed E-state index contributed by atoms with van der Waals surface area (Å²) >= 11 is 0. The second-order valence-corrected chi connectivity index (χ2v) is 4.76. The Labute approximate surface area is 119 Å². The molecule has 4 nitrogen and oxygen atoms in total. The van der Waals surface area contributed by atoms with Gasteiger partial charge in [-0.2, -0.15) is 0 Å². The van der Waals surface area contributed by atoms with Gasteiger partial charge in [0.15, 0.2) is 6.10 Å². The molecule has 0 heterocycles. The van der Waals surface area contributed by atoms with Crippen LogP contribution in [0.4, 0.5) is 4.39 Å². The smallest absolute Gasteiger partial charge is 0.260 e. The number of aliphatic hydroxyl groups excluding tert-OH is 1. The van der Waals surface area contributed by atoms with Crippen LogP contribution in [0.5, 0.6) is 5.75 Å². The van der Waals surface area contributed by atoms with Crippen LogP contribution >= 0.6 is 0 Å². The zero-order valence-corrected chi connectivity index (χ0v) is 12.1. The number of unbranched alkanes of at least 4 members (excludes halogenated alkanes) is 1. The molecule has 2 atom stereocenters. The molecule has 1 aromatic carbocycles. The molecule has 0 saturated carbocycles. The molecule has 1 amide bonds. The number of rotatable bonds is 7. The minimum Gasteiger partial charge on any atom is -0.480 e. The number of hydrogen-bond donors (Lipinski definition) is 2. The number of carbonyl (C=O) groups is 1. The Morgan fingerprint density at radius 2 is 2.15 bits per heavy atom. The van der Waals surface area contributed by atoms with E-state index >= 15 is 0 Å². The van der Waals surface area contributed by atoms with Gasteiger partial charge in [-0.25, -0.2) is 4.39 Å². The van der Waals surface area contributed by atoms with Crippen molar-refractivity contribution in [3.8, 4) is 5.75 Å². The maximum absolute atomic E-state index is 13.2. The molecule has 1 unspecified atom stereocenters. The van der Waals surface area contributed by atoms with Crippen LogP contribution in [-0.2, 0) is 4.79 Å². The molecule has 0 fully saturated rings. The number of carbonyl (C=O) groups excluding carboxylic acids is 1. The van der Waals surface area contributed by atoms with Gasteiger partial charge in [0, 0.05) is 18.2 Å². The number of benzene rings is 1. The molecule has 20 heavy (non-hydrogen) atoms. The molecule has 0 radical (unpaired) electrons. The summed E-state index contributed by atoms with van der Waals surface area (Å²) in [4.78, 5) is 11.8. The third kappa shape index (κ3) is 4.81. The maximum atomic E-state index is 13.2. The van der Waals surface area contributed by atoms with E-state index in [9.17, 15) is 14.3 Å². The van der Waals surface area contributed by atoms with Gasteiger partial charge in [0.05, 0.1) is 6.10 Å². The van der Waals surface area contributed by atoms with Crippen molar-refractivity contribution in [1.29, 1.82) is 0 Å². The third-order valence-corrected chi connectivity index (χ3v) is 2.93. The largest absolute Gasteiger partial charge is 0.480 e. The first-order valence-corrected chi connectivity index (χ1v) is 6.87. The Morgan fingerprint density at radius 3 is 2.75 bits per heavy atom. The highest BCUT2D eigenvalue weighted by atomic mass is 19.1. The first-order chi connectivity index (χ1) is 9.45. The van der Waals surface area contributed by atoms with E-state index in [0.717, 1.165) is 12.8 Å². The second-order valence-electron chi connectivity index (χ2n) is 4.76. The summed E-state index contributed by atoms with van der Waals surface area (Å²) < 4.78 is 18.7. The number of ether oxygens (including phenoxy) is 1. The van der Waals surface area contributed by atoms with Gasteiger partial charge in [-0.3, -0.25) is 4.79 Å². The van der Waals surface area contributed by atoms with Gasteiger partial charge < -0.3 is 15.2 Å². The average molecular weight is 283 g/mol. The molecule has 2 N–H and O–H groups in total. The quantitative estimate of drug-likeness (QED) is 0.756. The Balaban J connectivity index is 2.71. The molecule has 0 aliphatic heterocycles. The SMILES string of the molecule is CCCCNC(=O)C(C)Oc1cc(F)ccc1[C@@H](C)O. The molecule has 112 valence electrons. The molecular weight excluding hydrogens is 261 g/mol. The minimum absolute atomic E-state index is 0.193. The number of amides is 1. The predicted octanol–water partition coefficient (Wildman–Crippen LogP) is 2.56. The number of aliphatic hydroxyl groups is 1. The van der Waals surface area contributed by atoms with Gasteiger partial charge in [0.2, 0.25) is 0 Å². The van der Waals surface area contributed by atoms with Crippen molar-refractivity contribution in [2.24, 2.45) is 0 Å². The Hall–Kier alpha value is -1.62. The summed E-state index contributed by atoms with van der Waals surface area (Å²) in [6, 6.07) is 3.88. The first-order valence-electron chi connectivity index (χ1n) is 6.87. The van der Waals surface area contributed by atoms with Crippen molar-refractivity contribution in [2.75, 3.05) is 6.54 Å². The van der Waals surface area contributed by atoms with Crippen LogP contribution in [0.3, 0.4) is 0 Å². The van der Waals surface area contributed by atoms with E-state index < -0.39 is 18.0 Å². The lowest BCUT2D eigenvalue weighted by Gasteiger charge is -2.18. The van der Waals surface area contributed by atoms with Crippen molar-refractivity contribution in [1.82, 2.24) is 5.32 Å². The standard InChI is InChI=1S/C15H22FNO3/c1-4-5-8-17-15(19)11(3)20-14-9-12(16)6-7-13(14)10(2)18/h6-7,9-11,18H,4-5,8H2,1-3H3,(H,17,19)/t10-,11?/m1/s1. The number of hydrogen-bond acceptors (Lipinski definition) is 3. The van der Waals surface area contributed by atoms with E-state index in [1.165, 1.54) is 18.2 Å². The van der Waals surface area contributed by atoms with E-state index in [4.69, 9.17) is 4.74 Å². The van der Waals surface area contributed by atoms with Crippen molar-refractivity contribution in [3.05, 3.63) is 29.6 Å². The van der Waals surface area contributed by atoms with Gasteiger partial charge in [-0.1, -0.05) is 13.3 Å². The molecule has 0 bridgehead atoms. The normalized spacial score (nSPS) is 13.7. The zero-order valence-electron chi connectivity index (χ0n) is 12.1. The van der Waals surface area contributed by atoms with E-state index in [-0.39, 0.29) is 11.7 Å². The number of halogens is 1. The van der Waals surface area contributed by atoms with Gasteiger partial charge in [-0.05, 0) is 32.4 Å². The third-order valence-electron chi connectivity index (χ3n) is 2.93. The van der Waals surface area contributed by atoms with Gasteiger partial charge >= 0.3 is 0 Å². The molecule has 0 aromatic heterocycles. The summed E-state index contributed by atoms with van der Waals surface area (Å²) in [5, 5.41) is 12.4. The Morgan fingerprint density at radius 1 is 1.45 bits per heavy atom. The van der Waals surface area contributed by atoms with Crippen molar-refractivity contribution in [2.45, 2.75) is 45.8 Å². The van der Waals surface area contributed by atoms with Crippen LogP contribution in [0.1, 0.15) is 45.3 Å². The summed E-state index contributed by atoms with van der Waals surface area (Å²) in [7, 11) is 0. The average Bonchev–Trinajstić information content (AvgIpc) is 2.38. The second kappa shape index (κ2) is 7.85. The van der Waals surface area contributed by atoms with Crippen LogP contribution in [0.25, 0.3) is 0 Å². The summed E-state index contributed by atoms with van der Waals surface area (Å²) in [6.45, 7) is 5.78. The van der Waals surface area contributed by atoms with Gasteiger partial charge in [0.25, 0.3) is 5.91 Å². The molecule has 1 rings (SSSR count). The monoisotopic (exact) mass is 283 g/mol. The maximum Gasteiger partial charge on any atom is 0.260 e. The van der Waals surface area contributed by atoms with Crippen molar-refractivity contribution >= 4 is 5.91 Å². The summed E-state index contributed by atoms with van der Waals surface area (Å²) in [5.41, 5.74) is 0.458. The minimum atomic E-state index is -0.791. The van der Waals surface area contributed by atoms with Crippen LogP contribution in [0, 0.1) is 5.82 Å². The van der Waals surface area contributed by atoms with E-state index in [1.807, 2.05) is 6.92 Å². The van der Waals surface area contributed by atoms with Gasteiger partial charge in [0.1, 0.15) is 11.6 Å². The summed E-state index contributed by atoms with van der Waals surface area (Å²) in [5.74, 6) is -0.527. The van der Waals surface area contributed by atoms with Crippen LogP contribution in [-0.4, -0.2) is 23.7 Å². The predicted molar refractivity (Wildman–Crippen MR) is 75.0 cm³/mol. The highest BCUT2D eigenvalue weighted by Crippen LogP contribution is 2.26. The van der Waals surface area contributed by atoms with Gasteiger partial charge in [-0.15, -0.1) is 0 Å². The molecule has 0 aliphatic rings. The summed E-state index contributed by atoms with van der Waals surface area (Å²) in [6.07, 6.45) is 0.357. The van der Waals surface area contributed by atoms with Crippen molar-refractivity contribution in [3.63, 3.8) is 0 Å². The van der Waals surface area contributed by atoms with E-state index in [0.29, 0.717) is 12.1 Å². The topological polar surface area (TPSA) is 58.6 Å². The molecule has 0 saturated heterocycles. The highest BCUT2D eigenvalue weighted by Gasteiger charge is 2.18. The highest BCUT2D eigenvalue weighted by molar-refractivity contribution is 5.80. The molecule has 0 aliphatic carbocycles. The number of nitrogens with one attached hydrogen (secondary N) is 1. The lowest BCUT2D eigenvalue weighted by molar-refractivity contribution is -0.127. The fraction of sp³-hybridized carbons (Fsp3) is 0.533. The van der Waals surface area contributed by atoms with E-state index in [2.05, 4.69) is 5.32 Å². The van der Waals surface area contributed by atoms with Crippen LogP contribution < -0.4 is 10.1 Å². The Bertz CT molecular complexity index is 449. The molecular formula is C15H22FNO3. The van der Waals surface area contributed by atoms with Crippen LogP contribution in [0.15, 0.2) is 18.2 Å². The van der Waals surface area contributed by atoms with Crippen LogP contribution in [0.2, 0.25) is 0 Å². The molecule has 0 spiro atoms. The first kappa shape index (κ1) is 16.4. The molecule has 5 heteroatoms. The fourth-order valence-corrected chi connectivity index (χ4v) is 1.73. The van der Waals surface area contributed by atoms with E-state index in [1.54, 1.807) is 13.8 Å². The van der Waals surface area contributed by atoms with Crippen molar-refractivity contribution < 1.29 is 19.0 Å². The fourth-order valence-electron chi connectivity index (χ4n) is 1.73. The lowest BCUT2D eigenvalue weighted by Crippen LogP contribution is -2.37. The lowest BCUT2D eigenvalue weighted by atomic mass is 10.1. The molecule has 1 aromatic rings.